The highest BCUT2D eigenvalue weighted by molar-refractivity contribution is 5.89. The second kappa shape index (κ2) is 8.88. The third kappa shape index (κ3) is 6.51. The Morgan fingerprint density at radius 2 is 1.86 bits per heavy atom. The molecule has 0 radical (unpaired) electrons. The van der Waals surface area contributed by atoms with Crippen molar-refractivity contribution in [2.45, 2.75) is 52.3 Å². The van der Waals surface area contributed by atoms with E-state index in [1.165, 1.54) is 17.0 Å². The molecule has 0 fully saturated rings. The summed E-state index contributed by atoms with van der Waals surface area (Å²) in [5.74, 6) is -0.783. The SMILES string of the molecule is CCOC(=O)c1ccc(CC2=CCN(C(=O)OC(C)(C)C)CC2)c(C(F)(F)F)c1. The minimum absolute atomic E-state index is 0.0857. The topological polar surface area (TPSA) is 55.8 Å². The first-order valence-electron chi connectivity index (χ1n) is 9.44. The number of carbonyl (C=O) groups is 2. The van der Waals surface area contributed by atoms with Crippen LogP contribution in [0.2, 0.25) is 0 Å². The summed E-state index contributed by atoms with van der Waals surface area (Å²) in [6.07, 6.45) is -2.72. The second-order valence-electron chi connectivity index (χ2n) is 7.81. The summed E-state index contributed by atoms with van der Waals surface area (Å²) in [6.45, 7) is 7.66. The molecular weight excluding hydrogens is 387 g/mol. The van der Waals surface area contributed by atoms with Gasteiger partial charge in [0.1, 0.15) is 5.60 Å². The van der Waals surface area contributed by atoms with E-state index in [2.05, 4.69) is 0 Å². The molecule has 0 bridgehead atoms. The number of esters is 1. The summed E-state index contributed by atoms with van der Waals surface area (Å²) in [5, 5.41) is 0. The van der Waals surface area contributed by atoms with Gasteiger partial charge >= 0.3 is 18.2 Å². The molecule has 1 aliphatic heterocycles. The molecule has 0 saturated carbocycles. The van der Waals surface area contributed by atoms with E-state index in [0.29, 0.717) is 13.0 Å². The van der Waals surface area contributed by atoms with Gasteiger partial charge in [0.25, 0.3) is 0 Å². The third-order valence-electron chi connectivity index (χ3n) is 4.30. The second-order valence-corrected chi connectivity index (χ2v) is 7.81. The molecule has 1 heterocycles. The van der Waals surface area contributed by atoms with Crippen LogP contribution < -0.4 is 0 Å². The lowest BCUT2D eigenvalue weighted by Crippen LogP contribution is -2.39. The van der Waals surface area contributed by atoms with Crippen molar-refractivity contribution in [2.24, 2.45) is 0 Å². The van der Waals surface area contributed by atoms with E-state index in [9.17, 15) is 22.8 Å². The van der Waals surface area contributed by atoms with E-state index >= 15 is 0 Å². The molecule has 2 rings (SSSR count). The van der Waals surface area contributed by atoms with E-state index in [-0.39, 0.29) is 30.7 Å². The van der Waals surface area contributed by atoms with Crippen LogP contribution in [0.4, 0.5) is 18.0 Å². The summed E-state index contributed by atoms with van der Waals surface area (Å²) < 4.78 is 50.7. The van der Waals surface area contributed by atoms with E-state index in [1.54, 1.807) is 33.8 Å². The van der Waals surface area contributed by atoms with Crippen molar-refractivity contribution in [1.82, 2.24) is 4.90 Å². The van der Waals surface area contributed by atoms with E-state index in [0.717, 1.165) is 11.6 Å². The molecule has 160 valence electrons. The molecule has 0 aromatic heterocycles. The molecule has 5 nitrogen and oxygen atoms in total. The van der Waals surface area contributed by atoms with Crippen molar-refractivity contribution in [1.29, 1.82) is 0 Å². The number of hydrogen-bond acceptors (Lipinski definition) is 4. The Bertz CT molecular complexity index is 794. The standard InChI is InChI=1S/C21H26F3NO4/c1-5-28-18(26)16-7-6-15(17(13-16)21(22,23)24)12-14-8-10-25(11-9-14)19(27)29-20(2,3)4/h6-8,13H,5,9-12H2,1-4H3. The molecule has 0 aliphatic carbocycles. The number of ether oxygens (including phenoxy) is 2. The lowest BCUT2D eigenvalue weighted by Gasteiger charge is -2.29. The molecule has 29 heavy (non-hydrogen) atoms. The highest BCUT2D eigenvalue weighted by Gasteiger charge is 2.34. The van der Waals surface area contributed by atoms with Crippen LogP contribution in [0.5, 0.6) is 0 Å². The first-order chi connectivity index (χ1) is 13.4. The lowest BCUT2D eigenvalue weighted by atomic mass is 9.94. The molecule has 1 amide bonds. The van der Waals surface area contributed by atoms with Crippen LogP contribution in [0.15, 0.2) is 29.8 Å². The zero-order chi connectivity index (χ0) is 21.8. The van der Waals surface area contributed by atoms with Crippen molar-refractivity contribution in [3.8, 4) is 0 Å². The Balaban J connectivity index is 2.15. The van der Waals surface area contributed by atoms with Gasteiger partial charge in [0.05, 0.1) is 17.7 Å². The largest absolute Gasteiger partial charge is 0.462 e. The quantitative estimate of drug-likeness (QED) is 0.515. The monoisotopic (exact) mass is 413 g/mol. The molecule has 0 atom stereocenters. The maximum absolute atomic E-state index is 13.5. The van der Waals surface area contributed by atoms with Crippen molar-refractivity contribution in [3.63, 3.8) is 0 Å². The molecule has 1 aromatic rings. The van der Waals surface area contributed by atoms with Crippen LogP contribution in [0.3, 0.4) is 0 Å². The van der Waals surface area contributed by atoms with Gasteiger partial charge in [-0.05, 0) is 58.2 Å². The normalized spacial score (nSPS) is 15.0. The Labute approximate surface area is 168 Å². The third-order valence-corrected chi connectivity index (χ3v) is 4.30. The lowest BCUT2D eigenvalue weighted by molar-refractivity contribution is -0.138. The predicted octanol–water partition coefficient (Wildman–Crippen LogP) is 4.99. The Morgan fingerprint density at radius 3 is 2.38 bits per heavy atom. The van der Waals surface area contributed by atoms with E-state index in [4.69, 9.17) is 9.47 Å². The fourth-order valence-electron chi connectivity index (χ4n) is 2.94. The van der Waals surface area contributed by atoms with Gasteiger partial charge in [0.15, 0.2) is 0 Å². The van der Waals surface area contributed by atoms with E-state index in [1.807, 2.05) is 0 Å². The van der Waals surface area contributed by atoms with Gasteiger partial charge in [-0.1, -0.05) is 17.7 Å². The molecular formula is C21H26F3NO4. The van der Waals surface area contributed by atoms with Gasteiger partial charge in [-0.25, -0.2) is 9.59 Å². The number of carbonyl (C=O) groups excluding carboxylic acids is 2. The van der Waals surface area contributed by atoms with E-state index < -0.39 is 29.4 Å². The highest BCUT2D eigenvalue weighted by Crippen LogP contribution is 2.34. The Hall–Kier alpha value is -2.51. The maximum Gasteiger partial charge on any atom is 0.416 e. The summed E-state index contributed by atoms with van der Waals surface area (Å²) in [4.78, 5) is 25.4. The van der Waals surface area contributed by atoms with Gasteiger partial charge in [-0.2, -0.15) is 13.2 Å². The fraction of sp³-hybridized carbons (Fsp3) is 0.524. The number of amides is 1. The first-order valence-corrected chi connectivity index (χ1v) is 9.44. The van der Waals surface area contributed by atoms with Gasteiger partial charge in [-0.3, -0.25) is 0 Å². The number of alkyl halides is 3. The zero-order valence-electron chi connectivity index (χ0n) is 17.1. The Morgan fingerprint density at radius 1 is 1.17 bits per heavy atom. The zero-order valence-corrected chi connectivity index (χ0v) is 17.1. The van der Waals surface area contributed by atoms with Gasteiger partial charge in [0, 0.05) is 13.1 Å². The molecule has 0 unspecified atom stereocenters. The number of nitrogens with zero attached hydrogens (tertiary/aromatic N) is 1. The van der Waals surface area contributed by atoms with Crippen molar-refractivity contribution in [3.05, 3.63) is 46.5 Å². The minimum atomic E-state index is -4.59. The molecule has 0 N–H and O–H groups in total. The number of rotatable bonds is 4. The minimum Gasteiger partial charge on any atom is -0.462 e. The molecule has 1 aromatic carbocycles. The van der Waals surface area contributed by atoms with Crippen LogP contribution in [0.25, 0.3) is 0 Å². The van der Waals surface area contributed by atoms with Crippen molar-refractivity contribution < 1.29 is 32.2 Å². The Kier molecular flexibility index (Phi) is 6.97. The molecule has 0 spiro atoms. The number of hydrogen-bond donors (Lipinski definition) is 0. The maximum atomic E-state index is 13.5. The summed E-state index contributed by atoms with van der Waals surface area (Å²) in [6, 6.07) is 3.50. The number of halogens is 3. The predicted molar refractivity (Wildman–Crippen MR) is 102 cm³/mol. The first kappa shape index (κ1) is 22.8. The van der Waals surface area contributed by atoms with Crippen molar-refractivity contribution >= 4 is 12.1 Å². The smallest absolute Gasteiger partial charge is 0.416 e. The van der Waals surface area contributed by atoms with Crippen LogP contribution in [-0.2, 0) is 22.1 Å². The highest BCUT2D eigenvalue weighted by atomic mass is 19.4. The summed E-state index contributed by atoms with van der Waals surface area (Å²) in [7, 11) is 0. The summed E-state index contributed by atoms with van der Waals surface area (Å²) in [5.41, 5.74) is -0.694. The molecule has 8 heteroatoms. The average molecular weight is 413 g/mol. The van der Waals surface area contributed by atoms with Crippen LogP contribution >= 0.6 is 0 Å². The van der Waals surface area contributed by atoms with Crippen LogP contribution in [-0.4, -0.2) is 42.3 Å². The van der Waals surface area contributed by atoms with Gasteiger partial charge in [0.2, 0.25) is 0 Å². The average Bonchev–Trinajstić information content (AvgIpc) is 2.60. The van der Waals surface area contributed by atoms with Gasteiger partial charge in [-0.15, -0.1) is 0 Å². The fourth-order valence-corrected chi connectivity index (χ4v) is 2.94. The van der Waals surface area contributed by atoms with Gasteiger partial charge < -0.3 is 14.4 Å². The molecule has 0 saturated heterocycles. The molecule has 1 aliphatic rings. The number of benzene rings is 1. The van der Waals surface area contributed by atoms with Crippen LogP contribution in [0, 0.1) is 0 Å². The summed E-state index contributed by atoms with van der Waals surface area (Å²) >= 11 is 0. The van der Waals surface area contributed by atoms with Crippen LogP contribution in [0.1, 0.15) is 55.6 Å². The van der Waals surface area contributed by atoms with Crippen molar-refractivity contribution in [2.75, 3.05) is 19.7 Å².